The van der Waals surface area contributed by atoms with Crippen molar-refractivity contribution in [2.24, 2.45) is 0 Å². The van der Waals surface area contributed by atoms with E-state index in [1.54, 1.807) is 7.11 Å². The normalized spacial score (nSPS) is 16.6. The molecular formula is C17H26N2O2. The van der Waals surface area contributed by atoms with Gasteiger partial charge >= 0.3 is 0 Å². The molecule has 2 N–H and O–H groups in total. The molecule has 0 bridgehead atoms. The van der Waals surface area contributed by atoms with Crippen molar-refractivity contribution < 1.29 is 9.53 Å². The number of hydrogen-bond donors (Lipinski definition) is 1. The smallest absolute Gasteiger partial charge is 0.226 e. The van der Waals surface area contributed by atoms with Crippen LogP contribution in [0.3, 0.4) is 0 Å². The van der Waals surface area contributed by atoms with Crippen LogP contribution in [0.2, 0.25) is 0 Å². The van der Waals surface area contributed by atoms with E-state index in [9.17, 15) is 4.79 Å². The summed E-state index contributed by atoms with van der Waals surface area (Å²) in [5.74, 6) is 0.148. The molecule has 0 heterocycles. The SMILES string of the molecule is COC1(CC(=O)N(Cc2ccccc2N)C(C)C)CCC1. The molecular weight excluding hydrogens is 264 g/mol. The van der Waals surface area contributed by atoms with Gasteiger partial charge in [0.15, 0.2) is 0 Å². The van der Waals surface area contributed by atoms with Crippen molar-refractivity contribution in [3.63, 3.8) is 0 Å². The van der Waals surface area contributed by atoms with Gasteiger partial charge in [0.2, 0.25) is 5.91 Å². The van der Waals surface area contributed by atoms with Crippen LogP contribution < -0.4 is 5.73 Å². The van der Waals surface area contributed by atoms with Crippen molar-refractivity contribution in [3.8, 4) is 0 Å². The fourth-order valence-corrected chi connectivity index (χ4v) is 2.82. The maximum Gasteiger partial charge on any atom is 0.226 e. The highest BCUT2D eigenvalue weighted by molar-refractivity contribution is 5.78. The minimum absolute atomic E-state index is 0.145. The Hall–Kier alpha value is -1.55. The minimum Gasteiger partial charge on any atom is -0.398 e. The number of para-hydroxylation sites is 1. The first-order valence-electron chi connectivity index (χ1n) is 7.65. The van der Waals surface area contributed by atoms with Crippen molar-refractivity contribution in [1.29, 1.82) is 0 Å². The largest absolute Gasteiger partial charge is 0.398 e. The van der Waals surface area contributed by atoms with Crippen LogP contribution in [0.5, 0.6) is 0 Å². The van der Waals surface area contributed by atoms with Gasteiger partial charge in [0.25, 0.3) is 0 Å². The molecule has 2 rings (SSSR count). The summed E-state index contributed by atoms with van der Waals surface area (Å²) >= 11 is 0. The van der Waals surface area contributed by atoms with Crippen LogP contribution in [0.15, 0.2) is 24.3 Å². The van der Waals surface area contributed by atoms with E-state index in [2.05, 4.69) is 0 Å². The Balaban J connectivity index is 2.08. The second-order valence-corrected chi connectivity index (χ2v) is 6.23. The van der Waals surface area contributed by atoms with Crippen LogP contribution in [-0.4, -0.2) is 29.6 Å². The third-order valence-electron chi connectivity index (χ3n) is 4.51. The molecule has 1 aromatic carbocycles. The number of hydrogen-bond acceptors (Lipinski definition) is 3. The molecule has 0 saturated heterocycles. The first kappa shape index (κ1) is 15.8. The van der Waals surface area contributed by atoms with Crippen LogP contribution in [0.25, 0.3) is 0 Å². The number of rotatable bonds is 6. The molecule has 1 amide bonds. The average molecular weight is 290 g/mol. The summed E-state index contributed by atoms with van der Waals surface area (Å²) in [7, 11) is 1.71. The lowest BCUT2D eigenvalue weighted by Gasteiger charge is -2.41. The van der Waals surface area contributed by atoms with E-state index in [1.165, 1.54) is 0 Å². The Kier molecular flexibility index (Phi) is 4.88. The molecule has 0 radical (unpaired) electrons. The number of nitrogens with zero attached hydrogens (tertiary/aromatic N) is 1. The van der Waals surface area contributed by atoms with Crippen molar-refractivity contribution in [3.05, 3.63) is 29.8 Å². The molecule has 4 heteroatoms. The molecule has 0 aliphatic heterocycles. The number of anilines is 1. The molecule has 1 fully saturated rings. The van der Waals surface area contributed by atoms with E-state index < -0.39 is 0 Å². The van der Waals surface area contributed by atoms with Gasteiger partial charge < -0.3 is 15.4 Å². The Morgan fingerprint density at radius 3 is 2.52 bits per heavy atom. The number of amides is 1. The maximum atomic E-state index is 12.7. The summed E-state index contributed by atoms with van der Waals surface area (Å²) in [4.78, 5) is 14.6. The number of methoxy groups -OCH3 is 1. The van der Waals surface area contributed by atoms with E-state index in [-0.39, 0.29) is 17.6 Å². The first-order valence-corrected chi connectivity index (χ1v) is 7.65. The fraction of sp³-hybridized carbons (Fsp3) is 0.588. The number of nitrogen functional groups attached to an aromatic ring is 1. The predicted octanol–water partition coefficient (Wildman–Crippen LogP) is 2.97. The van der Waals surface area contributed by atoms with Crippen molar-refractivity contribution in [2.45, 2.75) is 57.7 Å². The summed E-state index contributed by atoms with van der Waals surface area (Å²) in [6.07, 6.45) is 3.58. The zero-order valence-corrected chi connectivity index (χ0v) is 13.3. The lowest BCUT2D eigenvalue weighted by atomic mass is 9.77. The second-order valence-electron chi connectivity index (χ2n) is 6.23. The predicted molar refractivity (Wildman–Crippen MR) is 84.7 cm³/mol. The van der Waals surface area contributed by atoms with Crippen LogP contribution in [-0.2, 0) is 16.1 Å². The summed E-state index contributed by atoms with van der Waals surface area (Å²) < 4.78 is 5.58. The molecule has 116 valence electrons. The quantitative estimate of drug-likeness (QED) is 0.819. The third kappa shape index (κ3) is 3.56. The zero-order chi connectivity index (χ0) is 15.5. The second kappa shape index (κ2) is 6.48. The molecule has 0 aromatic heterocycles. The Morgan fingerprint density at radius 2 is 2.05 bits per heavy atom. The molecule has 4 nitrogen and oxygen atoms in total. The highest BCUT2D eigenvalue weighted by atomic mass is 16.5. The van der Waals surface area contributed by atoms with Crippen LogP contribution in [0, 0.1) is 0 Å². The summed E-state index contributed by atoms with van der Waals surface area (Å²) in [5, 5.41) is 0. The van der Waals surface area contributed by atoms with Gasteiger partial charge in [-0.05, 0) is 44.7 Å². The Morgan fingerprint density at radius 1 is 1.38 bits per heavy atom. The molecule has 1 saturated carbocycles. The summed E-state index contributed by atoms with van der Waals surface area (Å²) in [5.41, 5.74) is 7.50. The van der Waals surface area contributed by atoms with Crippen LogP contribution in [0.1, 0.15) is 45.1 Å². The topological polar surface area (TPSA) is 55.6 Å². The van der Waals surface area contributed by atoms with Gasteiger partial charge in [-0.3, -0.25) is 4.79 Å². The number of carbonyl (C=O) groups excluding carboxylic acids is 1. The monoisotopic (exact) mass is 290 g/mol. The molecule has 1 aliphatic carbocycles. The van der Waals surface area contributed by atoms with Gasteiger partial charge in [0, 0.05) is 25.4 Å². The van der Waals surface area contributed by atoms with Gasteiger partial charge in [0.1, 0.15) is 0 Å². The van der Waals surface area contributed by atoms with E-state index in [4.69, 9.17) is 10.5 Å². The van der Waals surface area contributed by atoms with Gasteiger partial charge in [-0.1, -0.05) is 18.2 Å². The lowest BCUT2D eigenvalue weighted by Crippen LogP contribution is -2.46. The Labute approximate surface area is 127 Å². The number of ether oxygens (including phenoxy) is 1. The number of carbonyl (C=O) groups is 1. The molecule has 0 unspecified atom stereocenters. The van der Waals surface area contributed by atoms with Gasteiger partial charge in [-0.2, -0.15) is 0 Å². The zero-order valence-electron chi connectivity index (χ0n) is 13.3. The standard InChI is InChI=1S/C17H26N2O2/c1-13(2)19(12-14-7-4-5-8-15(14)18)16(20)11-17(21-3)9-6-10-17/h4-5,7-8,13H,6,9-12,18H2,1-3H3. The average Bonchev–Trinajstić information content (AvgIpc) is 2.41. The maximum absolute atomic E-state index is 12.7. The van der Waals surface area contributed by atoms with E-state index in [0.717, 1.165) is 30.5 Å². The summed E-state index contributed by atoms with van der Waals surface area (Å²) in [6, 6.07) is 7.87. The van der Waals surface area contributed by atoms with Gasteiger partial charge in [0.05, 0.1) is 12.0 Å². The van der Waals surface area contributed by atoms with Crippen LogP contribution in [0.4, 0.5) is 5.69 Å². The van der Waals surface area contributed by atoms with Gasteiger partial charge in [-0.15, -0.1) is 0 Å². The molecule has 0 spiro atoms. The molecule has 0 atom stereocenters. The van der Waals surface area contributed by atoms with Crippen molar-refractivity contribution >= 4 is 11.6 Å². The highest BCUT2D eigenvalue weighted by Crippen LogP contribution is 2.38. The third-order valence-corrected chi connectivity index (χ3v) is 4.51. The van der Waals surface area contributed by atoms with E-state index in [0.29, 0.717) is 13.0 Å². The van der Waals surface area contributed by atoms with E-state index >= 15 is 0 Å². The highest BCUT2D eigenvalue weighted by Gasteiger charge is 2.40. The van der Waals surface area contributed by atoms with Gasteiger partial charge in [-0.25, -0.2) is 0 Å². The van der Waals surface area contributed by atoms with Crippen molar-refractivity contribution in [2.75, 3.05) is 12.8 Å². The Bertz CT molecular complexity index is 490. The first-order chi connectivity index (χ1) is 9.97. The molecule has 1 aromatic rings. The number of benzene rings is 1. The number of nitrogens with two attached hydrogens (primary N) is 1. The van der Waals surface area contributed by atoms with Crippen LogP contribution >= 0.6 is 0 Å². The molecule has 21 heavy (non-hydrogen) atoms. The minimum atomic E-state index is -0.230. The lowest BCUT2D eigenvalue weighted by molar-refractivity contribution is -0.146. The summed E-state index contributed by atoms with van der Waals surface area (Å²) in [6.45, 7) is 4.64. The van der Waals surface area contributed by atoms with Crippen molar-refractivity contribution in [1.82, 2.24) is 4.90 Å². The molecule has 1 aliphatic rings. The fourth-order valence-electron chi connectivity index (χ4n) is 2.82. The van der Waals surface area contributed by atoms with E-state index in [1.807, 2.05) is 43.0 Å².